The Morgan fingerprint density at radius 1 is 1.58 bits per heavy atom. The Bertz CT molecular complexity index is 470. The first-order valence-corrected chi connectivity index (χ1v) is 7.28. The van der Waals surface area contributed by atoms with Crippen LogP contribution in [0.2, 0.25) is 0 Å². The maximum absolute atomic E-state index is 11.8. The number of nitrogens with zero attached hydrogens (tertiary/aromatic N) is 2. The van der Waals surface area contributed by atoms with Gasteiger partial charge in [0.15, 0.2) is 5.16 Å². The molecule has 1 fully saturated rings. The first-order chi connectivity index (χ1) is 9.11. The van der Waals surface area contributed by atoms with E-state index in [1.54, 1.807) is 20.0 Å². The molecule has 104 valence electrons. The van der Waals surface area contributed by atoms with Crippen molar-refractivity contribution in [2.75, 3.05) is 6.54 Å². The molecule has 1 atom stereocenters. The van der Waals surface area contributed by atoms with Gasteiger partial charge in [-0.25, -0.2) is 9.78 Å². The van der Waals surface area contributed by atoms with Crippen molar-refractivity contribution >= 4 is 23.7 Å². The third-order valence-corrected chi connectivity index (χ3v) is 3.89. The maximum Gasteiger partial charge on any atom is 0.321 e. The lowest BCUT2D eigenvalue weighted by Crippen LogP contribution is -2.42. The van der Waals surface area contributed by atoms with E-state index in [1.807, 2.05) is 6.20 Å². The van der Waals surface area contributed by atoms with E-state index in [0.29, 0.717) is 12.6 Å². The van der Waals surface area contributed by atoms with Crippen LogP contribution in [0.3, 0.4) is 0 Å². The van der Waals surface area contributed by atoms with E-state index in [-0.39, 0.29) is 11.2 Å². The van der Waals surface area contributed by atoms with E-state index in [1.165, 1.54) is 24.6 Å². The van der Waals surface area contributed by atoms with Crippen LogP contribution >= 0.6 is 11.8 Å². The Hall–Kier alpha value is -1.50. The predicted octanol–water partition coefficient (Wildman–Crippen LogP) is 1.54. The van der Waals surface area contributed by atoms with Crippen molar-refractivity contribution in [2.24, 2.45) is 0 Å². The van der Waals surface area contributed by atoms with Crippen molar-refractivity contribution < 1.29 is 9.59 Å². The predicted molar refractivity (Wildman–Crippen MR) is 73.0 cm³/mol. The second-order valence-corrected chi connectivity index (χ2v) is 5.77. The highest BCUT2D eigenvalue weighted by Crippen LogP contribution is 2.38. The van der Waals surface area contributed by atoms with Crippen LogP contribution in [-0.4, -0.2) is 33.3 Å². The summed E-state index contributed by atoms with van der Waals surface area (Å²) < 4.78 is 2.10. The molecule has 1 unspecified atom stereocenters. The second-order valence-electron chi connectivity index (χ2n) is 4.46. The summed E-state index contributed by atoms with van der Waals surface area (Å²) in [4.78, 5) is 27.4. The Morgan fingerprint density at radius 2 is 2.32 bits per heavy atom. The molecule has 3 amide bonds. The third-order valence-electron chi connectivity index (χ3n) is 2.80. The van der Waals surface area contributed by atoms with E-state index in [0.717, 1.165) is 5.16 Å². The van der Waals surface area contributed by atoms with Gasteiger partial charge in [0, 0.05) is 25.0 Å². The van der Waals surface area contributed by atoms with E-state index in [9.17, 15) is 9.59 Å². The monoisotopic (exact) mass is 282 g/mol. The summed E-state index contributed by atoms with van der Waals surface area (Å²) in [6.45, 7) is 4.06. The number of imide groups is 1. The molecular formula is C12H18N4O2S. The van der Waals surface area contributed by atoms with Gasteiger partial charge in [0.05, 0.1) is 5.25 Å². The van der Waals surface area contributed by atoms with Crippen molar-refractivity contribution in [1.29, 1.82) is 0 Å². The minimum atomic E-state index is -0.453. The van der Waals surface area contributed by atoms with Gasteiger partial charge in [-0.3, -0.25) is 10.1 Å². The zero-order chi connectivity index (χ0) is 13.8. The van der Waals surface area contributed by atoms with Gasteiger partial charge in [-0.15, -0.1) is 0 Å². The Morgan fingerprint density at radius 3 is 2.95 bits per heavy atom. The lowest BCUT2D eigenvalue weighted by molar-refractivity contribution is -0.119. The van der Waals surface area contributed by atoms with Crippen molar-refractivity contribution in [3.63, 3.8) is 0 Å². The number of urea groups is 1. The van der Waals surface area contributed by atoms with Crippen LogP contribution in [0.25, 0.3) is 0 Å². The third kappa shape index (κ3) is 3.73. The molecule has 0 bridgehead atoms. The summed E-state index contributed by atoms with van der Waals surface area (Å²) >= 11 is 1.37. The standard InChI is InChI=1S/C12H18N4O2S/c1-3-13-11(18)15-10(17)8(2)19-12-14-6-7-16(12)9-4-5-9/h6-9H,3-5H2,1-2H3,(H2,13,15,17,18). The van der Waals surface area contributed by atoms with Crippen LogP contribution in [0.4, 0.5) is 4.79 Å². The first kappa shape index (κ1) is 13.9. The molecule has 7 heteroatoms. The Labute approximate surface area is 116 Å². The quantitative estimate of drug-likeness (QED) is 0.803. The van der Waals surface area contributed by atoms with E-state index in [2.05, 4.69) is 20.2 Å². The molecule has 19 heavy (non-hydrogen) atoms. The number of hydrogen-bond acceptors (Lipinski definition) is 4. The number of imidazole rings is 1. The van der Waals surface area contributed by atoms with Crippen molar-refractivity contribution in [2.45, 2.75) is 43.1 Å². The van der Waals surface area contributed by atoms with Crippen LogP contribution in [-0.2, 0) is 4.79 Å². The number of thioether (sulfide) groups is 1. The number of nitrogens with one attached hydrogen (secondary N) is 2. The first-order valence-electron chi connectivity index (χ1n) is 6.40. The fourth-order valence-corrected chi connectivity index (χ4v) is 2.59. The fourth-order valence-electron chi connectivity index (χ4n) is 1.65. The lowest BCUT2D eigenvalue weighted by atomic mass is 10.4. The summed E-state index contributed by atoms with van der Waals surface area (Å²) in [6.07, 6.45) is 6.02. The molecule has 1 aromatic heterocycles. The number of amides is 3. The second kappa shape index (κ2) is 6.10. The molecule has 1 aliphatic rings. The Kier molecular flexibility index (Phi) is 4.47. The molecule has 0 aliphatic heterocycles. The van der Waals surface area contributed by atoms with Gasteiger partial charge >= 0.3 is 6.03 Å². The van der Waals surface area contributed by atoms with Crippen LogP contribution in [0.5, 0.6) is 0 Å². The van der Waals surface area contributed by atoms with Crippen LogP contribution in [0.1, 0.15) is 32.7 Å². The van der Waals surface area contributed by atoms with E-state index >= 15 is 0 Å². The molecule has 0 aromatic carbocycles. The highest BCUT2D eigenvalue weighted by atomic mass is 32.2. The summed E-state index contributed by atoms with van der Waals surface area (Å²) in [5.41, 5.74) is 0. The molecule has 6 nitrogen and oxygen atoms in total. The van der Waals surface area contributed by atoms with Crippen LogP contribution in [0, 0.1) is 0 Å². The molecule has 1 heterocycles. The van der Waals surface area contributed by atoms with Crippen LogP contribution in [0.15, 0.2) is 17.6 Å². The maximum atomic E-state index is 11.8. The fraction of sp³-hybridized carbons (Fsp3) is 0.583. The highest BCUT2D eigenvalue weighted by molar-refractivity contribution is 8.00. The van der Waals surface area contributed by atoms with Gasteiger partial charge < -0.3 is 9.88 Å². The highest BCUT2D eigenvalue weighted by Gasteiger charge is 2.27. The van der Waals surface area contributed by atoms with Crippen LogP contribution < -0.4 is 10.6 Å². The molecule has 0 radical (unpaired) electrons. The average Bonchev–Trinajstić information content (AvgIpc) is 3.10. The van der Waals surface area contributed by atoms with E-state index < -0.39 is 6.03 Å². The molecule has 1 aromatic rings. The molecule has 1 aliphatic carbocycles. The van der Waals surface area contributed by atoms with Gasteiger partial charge in [-0.1, -0.05) is 11.8 Å². The summed E-state index contributed by atoms with van der Waals surface area (Å²) in [7, 11) is 0. The number of aromatic nitrogens is 2. The summed E-state index contributed by atoms with van der Waals surface area (Å²) in [5.74, 6) is -0.304. The van der Waals surface area contributed by atoms with Crippen molar-refractivity contribution in [3.05, 3.63) is 12.4 Å². The van der Waals surface area contributed by atoms with Gasteiger partial charge in [0.25, 0.3) is 0 Å². The summed E-state index contributed by atoms with van der Waals surface area (Å²) in [6, 6.07) is 0.0779. The number of carbonyl (C=O) groups is 2. The smallest absolute Gasteiger partial charge is 0.321 e. The zero-order valence-electron chi connectivity index (χ0n) is 11.0. The molecule has 0 saturated heterocycles. The molecule has 2 rings (SSSR count). The Balaban J connectivity index is 1.89. The molecular weight excluding hydrogens is 264 g/mol. The lowest BCUT2D eigenvalue weighted by Gasteiger charge is -2.12. The van der Waals surface area contributed by atoms with E-state index in [4.69, 9.17) is 0 Å². The number of hydrogen-bond donors (Lipinski definition) is 2. The SMILES string of the molecule is CCNC(=O)NC(=O)C(C)Sc1nccn1C1CC1. The molecule has 2 N–H and O–H groups in total. The van der Waals surface area contributed by atoms with Gasteiger partial charge in [0.1, 0.15) is 0 Å². The summed E-state index contributed by atoms with van der Waals surface area (Å²) in [5, 5.41) is 5.31. The van der Waals surface area contributed by atoms with Crippen molar-refractivity contribution in [1.82, 2.24) is 20.2 Å². The largest absolute Gasteiger partial charge is 0.338 e. The minimum Gasteiger partial charge on any atom is -0.338 e. The van der Waals surface area contributed by atoms with Crippen molar-refractivity contribution in [3.8, 4) is 0 Å². The molecule has 1 saturated carbocycles. The van der Waals surface area contributed by atoms with Gasteiger partial charge in [0.2, 0.25) is 5.91 Å². The minimum absolute atomic E-state index is 0.304. The van der Waals surface area contributed by atoms with Gasteiger partial charge in [-0.2, -0.15) is 0 Å². The number of rotatable bonds is 5. The zero-order valence-corrected chi connectivity index (χ0v) is 11.9. The normalized spacial score (nSPS) is 15.9. The average molecular weight is 282 g/mol. The number of carbonyl (C=O) groups excluding carboxylic acids is 2. The van der Waals surface area contributed by atoms with Gasteiger partial charge in [-0.05, 0) is 26.7 Å². The topological polar surface area (TPSA) is 76.0 Å². The molecule has 0 spiro atoms.